The molecule has 1 saturated carbocycles. The van der Waals surface area contributed by atoms with Crippen molar-refractivity contribution in [3.63, 3.8) is 0 Å². The van der Waals surface area contributed by atoms with Gasteiger partial charge in [0.05, 0.1) is 11.4 Å². The maximum absolute atomic E-state index is 12.7. The summed E-state index contributed by atoms with van der Waals surface area (Å²) in [4.78, 5) is 13.8. The van der Waals surface area contributed by atoms with Gasteiger partial charge in [-0.15, -0.1) is 11.3 Å². The SMILES string of the molecule is CP(=O)(Oc1ccc(C(=O)Nc2cc(-c3cccs3)ccc2N)cc1)C1CCC1. The minimum Gasteiger partial charge on any atom is -0.443 e. The van der Waals surface area contributed by atoms with Gasteiger partial charge in [-0.1, -0.05) is 18.6 Å². The monoisotopic (exact) mass is 426 g/mol. The molecule has 1 aliphatic carbocycles. The van der Waals surface area contributed by atoms with Crippen LogP contribution in [0, 0.1) is 0 Å². The number of hydrogen-bond acceptors (Lipinski definition) is 5. The largest absolute Gasteiger partial charge is 0.443 e. The van der Waals surface area contributed by atoms with Crippen LogP contribution in [0.5, 0.6) is 5.75 Å². The van der Waals surface area contributed by atoms with Crippen molar-refractivity contribution in [3.05, 3.63) is 65.5 Å². The summed E-state index contributed by atoms with van der Waals surface area (Å²) in [6, 6.07) is 16.3. The number of rotatable bonds is 6. The first-order valence-corrected chi connectivity index (χ1v) is 12.6. The second kappa shape index (κ2) is 8.05. The fraction of sp³-hybridized carbons (Fsp3) is 0.227. The van der Waals surface area contributed by atoms with Crippen LogP contribution in [0.1, 0.15) is 29.6 Å². The first-order valence-electron chi connectivity index (χ1n) is 9.54. The lowest BCUT2D eigenvalue weighted by Crippen LogP contribution is -2.20. The van der Waals surface area contributed by atoms with Crippen molar-refractivity contribution >= 4 is 36.0 Å². The van der Waals surface area contributed by atoms with Crippen molar-refractivity contribution < 1.29 is 13.9 Å². The average Bonchev–Trinajstić information content (AvgIpc) is 3.16. The molecule has 0 saturated heterocycles. The minimum atomic E-state index is -2.66. The lowest BCUT2D eigenvalue weighted by molar-refractivity contribution is 0.102. The van der Waals surface area contributed by atoms with Gasteiger partial charge in [0.15, 0.2) is 0 Å². The number of nitrogens with two attached hydrogens (primary N) is 1. The zero-order valence-corrected chi connectivity index (χ0v) is 17.8. The molecule has 5 nitrogen and oxygen atoms in total. The van der Waals surface area contributed by atoms with Crippen molar-refractivity contribution in [1.82, 2.24) is 0 Å². The summed E-state index contributed by atoms with van der Waals surface area (Å²) in [7, 11) is -2.66. The molecule has 3 N–H and O–H groups in total. The first kappa shape index (κ1) is 19.7. The Morgan fingerprint density at radius 2 is 1.93 bits per heavy atom. The molecule has 29 heavy (non-hydrogen) atoms. The van der Waals surface area contributed by atoms with E-state index in [4.69, 9.17) is 10.3 Å². The van der Waals surface area contributed by atoms with Crippen LogP contribution in [-0.4, -0.2) is 18.2 Å². The van der Waals surface area contributed by atoms with Gasteiger partial charge < -0.3 is 15.6 Å². The van der Waals surface area contributed by atoms with Crippen LogP contribution in [-0.2, 0) is 4.57 Å². The molecule has 2 aromatic carbocycles. The molecule has 1 heterocycles. The lowest BCUT2D eigenvalue weighted by Gasteiger charge is -2.31. The maximum atomic E-state index is 12.7. The number of nitrogens with one attached hydrogen (secondary N) is 1. The van der Waals surface area contributed by atoms with E-state index >= 15 is 0 Å². The molecule has 1 unspecified atom stereocenters. The summed E-state index contributed by atoms with van der Waals surface area (Å²) in [6.07, 6.45) is 3.03. The topological polar surface area (TPSA) is 81.4 Å². The van der Waals surface area contributed by atoms with Gasteiger partial charge >= 0.3 is 0 Å². The normalized spacial score (nSPS) is 15.9. The molecule has 1 aromatic heterocycles. The fourth-order valence-corrected chi connectivity index (χ4v) is 5.98. The average molecular weight is 426 g/mol. The van der Waals surface area contributed by atoms with Gasteiger partial charge in [-0.3, -0.25) is 9.36 Å². The third-order valence-corrected chi connectivity index (χ3v) is 8.58. The Bertz CT molecular complexity index is 1060. The van der Waals surface area contributed by atoms with Gasteiger partial charge in [0.2, 0.25) is 7.37 Å². The van der Waals surface area contributed by atoms with Gasteiger partial charge in [0, 0.05) is 22.8 Å². The van der Waals surface area contributed by atoms with Crippen molar-refractivity contribution in [1.29, 1.82) is 0 Å². The van der Waals surface area contributed by atoms with Crippen LogP contribution >= 0.6 is 18.7 Å². The first-order chi connectivity index (χ1) is 13.9. The van der Waals surface area contributed by atoms with Crippen molar-refractivity contribution in [2.24, 2.45) is 0 Å². The van der Waals surface area contributed by atoms with E-state index in [1.165, 1.54) is 0 Å². The molecule has 0 radical (unpaired) electrons. The van der Waals surface area contributed by atoms with E-state index in [1.807, 2.05) is 29.6 Å². The summed E-state index contributed by atoms with van der Waals surface area (Å²) in [6.45, 7) is 1.70. The quantitative estimate of drug-likeness (QED) is 0.369. The van der Waals surface area contributed by atoms with Crippen molar-refractivity contribution in [2.45, 2.75) is 24.9 Å². The Labute approximate surface area is 174 Å². The highest BCUT2D eigenvalue weighted by atomic mass is 32.1. The molecule has 7 heteroatoms. The molecule has 0 aliphatic heterocycles. The molecule has 0 spiro atoms. The Kier molecular flexibility index (Phi) is 5.48. The van der Waals surface area contributed by atoms with Gasteiger partial charge in [-0.2, -0.15) is 0 Å². The Morgan fingerprint density at radius 3 is 2.55 bits per heavy atom. The molecule has 1 aliphatic rings. The van der Waals surface area contributed by atoms with E-state index in [1.54, 1.807) is 48.3 Å². The molecule has 4 rings (SSSR count). The number of nitrogen functional groups attached to an aromatic ring is 1. The highest BCUT2D eigenvalue weighted by Crippen LogP contribution is 2.55. The molecule has 1 fully saturated rings. The van der Waals surface area contributed by atoms with Gasteiger partial charge in [0.1, 0.15) is 5.75 Å². The minimum absolute atomic E-state index is 0.157. The number of hydrogen-bond donors (Lipinski definition) is 2. The second-order valence-electron chi connectivity index (χ2n) is 7.34. The van der Waals surface area contributed by atoms with Gasteiger partial charge in [-0.05, 0) is 66.2 Å². The molecule has 3 aromatic rings. The summed E-state index contributed by atoms with van der Waals surface area (Å²) < 4.78 is 18.4. The van der Waals surface area contributed by atoms with E-state index in [0.717, 1.165) is 29.7 Å². The Morgan fingerprint density at radius 1 is 1.17 bits per heavy atom. The number of benzene rings is 2. The third-order valence-electron chi connectivity index (χ3n) is 5.25. The summed E-state index contributed by atoms with van der Waals surface area (Å²) >= 11 is 1.63. The standard InChI is InChI=1S/C22H23N2O3PS/c1-28(26,18-4-2-5-18)27-17-10-7-15(8-11-17)22(25)24-20-14-16(9-12-19(20)23)21-6-3-13-29-21/h3,6-14,18H,2,4-5,23H2,1H3,(H,24,25). The van der Waals surface area contributed by atoms with Gasteiger partial charge in [0.25, 0.3) is 5.91 Å². The Balaban J connectivity index is 1.46. The Hall–Kier alpha value is -2.56. The third kappa shape index (κ3) is 4.39. The van der Waals surface area contributed by atoms with Gasteiger partial charge in [-0.25, -0.2) is 0 Å². The molecular weight excluding hydrogens is 403 g/mol. The van der Waals surface area contributed by atoms with Crippen LogP contribution in [0.25, 0.3) is 10.4 Å². The van der Waals surface area contributed by atoms with Crippen molar-refractivity contribution in [3.8, 4) is 16.2 Å². The summed E-state index contributed by atoms with van der Waals surface area (Å²) in [5.41, 5.74) is 8.77. The summed E-state index contributed by atoms with van der Waals surface area (Å²) in [5.74, 6) is 0.267. The highest BCUT2D eigenvalue weighted by Gasteiger charge is 2.35. The number of thiophene rings is 1. The molecule has 150 valence electrons. The number of carbonyl (C=O) groups is 1. The number of amides is 1. The smallest absolute Gasteiger partial charge is 0.255 e. The van der Waals surface area contributed by atoms with Crippen molar-refractivity contribution in [2.75, 3.05) is 17.7 Å². The molecule has 1 amide bonds. The molecule has 0 bridgehead atoms. The van der Waals surface area contributed by atoms with E-state index in [-0.39, 0.29) is 11.6 Å². The van der Waals surface area contributed by atoms with Crippen LogP contribution in [0.2, 0.25) is 0 Å². The molecule has 1 atom stereocenters. The molecular formula is C22H23N2O3PS. The summed E-state index contributed by atoms with van der Waals surface area (Å²) in [5, 5.41) is 4.89. The zero-order chi connectivity index (χ0) is 20.4. The van der Waals surface area contributed by atoms with Crippen LogP contribution in [0.3, 0.4) is 0 Å². The maximum Gasteiger partial charge on any atom is 0.255 e. The number of carbonyl (C=O) groups excluding carboxylic acids is 1. The second-order valence-corrected chi connectivity index (χ2v) is 11.0. The van der Waals surface area contributed by atoms with Crippen LogP contribution in [0.15, 0.2) is 60.0 Å². The van der Waals surface area contributed by atoms with Crippen LogP contribution in [0.4, 0.5) is 11.4 Å². The zero-order valence-electron chi connectivity index (χ0n) is 16.1. The highest BCUT2D eigenvalue weighted by molar-refractivity contribution is 7.59. The lowest BCUT2D eigenvalue weighted by atomic mass is 10.00. The van der Waals surface area contributed by atoms with Crippen LogP contribution < -0.4 is 15.6 Å². The number of anilines is 2. The van der Waals surface area contributed by atoms with E-state index in [0.29, 0.717) is 22.7 Å². The van der Waals surface area contributed by atoms with E-state index in [2.05, 4.69) is 5.32 Å². The van der Waals surface area contributed by atoms with E-state index in [9.17, 15) is 9.36 Å². The predicted molar refractivity (Wildman–Crippen MR) is 120 cm³/mol. The predicted octanol–water partition coefficient (Wildman–Crippen LogP) is 6.09. The van der Waals surface area contributed by atoms with E-state index < -0.39 is 7.37 Å². The fourth-order valence-electron chi connectivity index (χ4n) is 3.26.